The first-order valence-corrected chi connectivity index (χ1v) is 9.14. The van der Waals surface area contributed by atoms with E-state index in [-0.39, 0.29) is 11.1 Å². The van der Waals surface area contributed by atoms with E-state index in [0.29, 0.717) is 17.4 Å². The van der Waals surface area contributed by atoms with Crippen molar-refractivity contribution in [3.8, 4) is 0 Å². The minimum Gasteiger partial charge on any atom is -0.268 e. The standard InChI is InChI=1S/C16H19NO2S2/c1-11-7-8-20-13(11)9-14-15(18)17(16(19)21-14)10-12-5-3-2-4-6-12/h7-9,12H,2-6,10H2,1H3/b14-9+. The van der Waals surface area contributed by atoms with Crippen LogP contribution in [0.15, 0.2) is 16.4 Å². The van der Waals surface area contributed by atoms with Crippen LogP contribution in [0, 0.1) is 12.8 Å². The van der Waals surface area contributed by atoms with Gasteiger partial charge >= 0.3 is 0 Å². The second kappa shape index (κ2) is 6.36. The van der Waals surface area contributed by atoms with Crippen LogP contribution in [-0.2, 0) is 4.79 Å². The maximum absolute atomic E-state index is 12.4. The average Bonchev–Trinajstić information content (AvgIpc) is 2.99. The fourth-order valence-electron chi connectivity index (χ4n) is 2.94. The van der Waals surface area contributed by atoms with E-state index in [9.17, 15) is 9.59 Å². The predicted octanol–water partition coefficient (Wildman–Crippen LogP) is 4.67. The maximum Gasteiger partial charge on any atom is 0.293 e. The molecule has 1 aromatic rings. The van der Waals surface area contributed by atoms with Crippen LogP contribution < -0.4 is 0 Å². The molecule has 1 saturated carbocycles. The molecular formula is C16H19NO2S2. The first-order valence-electron chi connectivity index (χ1n) is 7.44. The molecule has 21 heavy (non-hydrogen) atoms. The molecule has 1 aliphatic heterocycles. The minimum absolute atomic E-state index is 0.106. The smallest absolute Gasteiger partial charge is 0.268 e. The summed E-state index contributed by atoms with van der Waals surface area (Å²) in [7, 11) is 0. The van der Waals surface area contributed by atoms with Crippen LogP contribution >= 0.6 is 23.1 Å². The highest BCUT2D eigenvalue weighted by Gasteiger charge is 2.36. The van der Waals surface area contributed by atoms with Gasteiger partial charge in [0, 0.05) is 11.4 Å². The third kappa shape index (κ3) is 3.24. The second-order valence-electron chi connectivity index (χ2n) is 5.76. The Morgan fingerprint density at radius 2 is 2.05 bits per heavy atom. The summed E-state index contributed by atoms with van der Waals surface area (Å²) in [5, 5.41) is 1.90. The molecule has 5 heteroatoms. The second-order valence-corrected chi connectivity index (χ2v) is 7.71. The lowest BCUT2D eigenvalue weighted by atomic mass is 9.89. The highest BCUT2D eigenvalue weighted by Crippen LogP contribution is 2.35. The number of aryl methyl sites for hydroxylation is 1. The van der Waals surface area contributed by atoms with Gasteiger partial charge in [0.1, 0.15) is 0 Å². The molecule has 3 rings (SSSR count). The van der Waals surface area contributed by atoms with Crippen molar-refractivity contribution in [2.75, 3.05) is 6.54 Å². The first kappa shape index (κ1) is 14.9. The van der Waals surface area contributed by atoms with Crippen molar-refractivity contribution in [2.45, 2.75) is 39.0 Å². The largest absolute Gasteiger partial charge is 0.293 e. The van der Waals surface area contributed by atoms with Gasteiger partial charge in [0.25, 0.3) is 11.1 Å². The third-order valence-corrected chi connectivity index (χ3v) is 6.08. The normalized spacial score (nSPS) is 22.5. The summed E-state index contributed by atoms with van der Waals surface area (Å²) in [6, 6.07) is 2.03. The van der Waals surface area contributed by atoms with Crippen LogP contribution in [0.4, 0.5) is 4.79 Å². The molecule has 0 radical (unpaired) electrons. The summed E-state index contributed by atoms with van der Waals surface area (Å²) in [5.41, 5.74) is 1.15. The number of imide groups is 1. The van der Waals surface area contributed by atoms with Gasteiger partial charge in [0.15, 0.2) is 0 Å². The van der Waals surface area contributed by atoms with Gasteiger partial charge in [-0.05, 0) is 60.5 Å². The lowest BCUT2D eigenvalue weighted by molar-refractivity contribution is -0.123. The fraction of sp³-hybridized carbons (Fsp3) is 0.500. The number of thioether (sulfide) groups is 1. The Morgan fingerprint density at radius 1 is 1.29 bits per heavy atom. The number of carbonyl (C=O) groups excluding carboxylic acids is 2. The van der Waals surface area contributed by atoms with Crippen LogP contribution in [0.1, 0.15) is 42.5 Å². The Balaban J connectivity index is 1.73. The van der Waals surface area contributed by atoms with Crippen LogP contribution in [0.25, 0.3) is 6.08 Å². The van der Waals surface area contributed by atoms with E-state index in [4.69, 9.17) is 0 Å². The van der Waals surface area contributed by atoms with E-state index < -0.39 is 0 Å². The zero-order valence-electron chi connectivity index (χ0n) is 12.1. The number of rotatable bonds is 3. The molecule has 2 amide bonds. The topological polar surface area (TPSA) is 37.4 Å². The van der Waals surface area contributed by atoms with Gasteiger partial charge in [-0.25, -0.2) is 0 Å². The molecule has 1 aliphatic carbocycles. The zero-order valence-corrected chi connectivity index (χ0v) is 13.8. The van der Waals surface area contributed by atoms with E-state index in [0.717, 1.165) is 35.0 Å². The number of hydrogen-bond donors (Lipinski definition) is 0. The van der Waals surface area contributed by atoms with E-state index in [1.807, 2.05) is 24.4 Å². The van der Waals surface area contributed by atoms with E-state index in [2.05, 4.69) is 0 Å². The highest BCUT2D eigenvalue weighted by atomic mass is 32.2. The van der Waals surface area contributed by atoms with Gasteiger partial charge in [-0.3, -0.25) is 14.5 Å². The van der Waals surface area contributed by atoms with Gasteiger partial charge in [0.05, 0.1) is 4.91 Å². The van der Waals surface area contributed by atoms with E-state index in [1.54, 1.807) is 11.3 Å². The summed E-state index contributed by atoms with van der Waals surface area (Å²) in [5.74, 6) is 0.387. The molecular weight excluding hydrogens is 302 g/mol. The summed E-state index contributed by atoms with van der Waals surface area (Å²) < 4.78 is 0. The number of thiophene rings is 1. The Kier molecular flexibility index (Phi) is 4.50. The van der Waals surface area contributed by atoms with Crippen molar-refractivity contribution >= 4 is 40.3 Å². The lowest BCUT2D eigenvalue weighted by Crippen LogP contribution is -2.34. The molecule has 2 aliphatic rings. The molecule has 0 spiro atoms. The van der Waals surface area contributed by atoms with Crippen molar-refractivity contribution in [1.82, 2.24) is 4.90 Å². The van der Waals surface area contributed by atoms with Crippen LogP contribution in [0.2, 0.25) is 0 Å². The quantitative estimate of drug-likeness (QED) is 0.759. The average molecular weight is 321 g/mol. The number of amides is 2. The maximum atomic E-state index is 12.4. The number of hydrogen-bond acceptors (Lipinski definition) is 4. The van der Waals surface area contributed by atoms with Gasteiger partial charge in [-0.1, -0.05) is 19.3 Å². The fourth-order valence-corrected chi connectivity index (χ4v) is 4.70. The molecule has 1 saturated heterocycles. The monoisotopic (exact) mass is 321 g/mol. The molecule has 2 heterocycles. The van der Waals surface area contributed by atoms with Crippen molar-refractivity contribution in [1.29, 1.82) is 0 Å². The Hall–Kier alpha value is -1.07. The first-order chi connectivity index (χ1) is 10.1. The van der Waals surface area contributed by atoms with Gasteiger partial charge in [-0.2, -0.15) is 0 Å². The molecule has 0 N–H and O–H groups in total. The Bertz CT molecular complexity index is 585. The molecule has 0 unspecified atom stereocenters. The molecule has 0 bridgehead atoms. The Labute approximate surface area is 133 Å². The zero-order chi connectivity index (χ0) is 14.8. The summed E-state index contributed by atoms with van der Waals surface area (Å²) >= 11 is 2.69. The van der Waals surface area contributed by atoms with E-state index in [1.165, 1.54) is 24.2 Å². The molecule has 3 nitrogen and oxygen atoms in total. The lowest BCUT2D eigenvalue weighted by Gasteiger charge is -2.25. The number of nitrogens with zero attached hydrogens (tertiary/aromatic N) is 1. The van der Waals surface area contributed by atoms with Gasteiger partial charge in [0.2, 0.25) is 0 Å². The summed E-state index contributed by atoms with van der Waals surface area (Å²) in [4.78, 5) is 27.7. The van der Waals surface area contributed by atoms with Crippen molar-refractivity contribution in [3.63, 3.8) is 0 Å². The highest BCUT2D eigenvalue weighted by molar-refractivity contribution is 8.18. The van der Waals surface area contributed by atoms with Gasteiger partial charge in [-0.15, -0.1) is 11.3 Å². The Morgan fingerprint density at radius 3 is 2.71 bits per heavy atom. The summed E-state index contributed by atoms with van der Waals surface area (Å²) in [6.45, 7) is 2.63. The molecule has 0 atom stereocenters. The molecule has 2 fully saturated rings. The van der Waals surface area contributed by atoms with Crippen LogP contribution in [-0.4, -0.2) is 22.6 Å². The van der Waals surface area contributed by atoms with Gasteiger partial charge < -0.3 is 0 Å². The molecule has 1 aromatic heterocycles. The van der Waals surface area contributed by atoms with Crippen LogP contribution in [0.3, 0.4) is 0 Å². The minimum atomic E-state index is -0.108. The predicted molar refractivity (Wildman–Crippen MR) is 88.3 cm³/mol. The molecule has 112 valence electrons. The van der Waals surface area contributed by atoms with Crippen molar-refractivity contribution in [2.24, 2.45) is 5.92 Å². The molecule has 0 aromatic carbocycles. The summed E-state index contributed by atoms with van der Waals surface area (Å²) in [6.07, 6.45) is 7.90. The van der Waals surface area contributed by atoms with E-state index >= 15 is 0 Å². The number of carbonyl (C=O) groups is 2. The van der Waals surface area contributed by atoms with Crippen LogP contribution in [0.5, 0.6) is 0 Å². The van der Waals surface area contributed by atoms with Crippen molar-refractivity contribution in [3.05, 3.63) is 26.8 Å². The SMILES string of the molecule is Cc1ccsc1/C=C1/SC(=O)N(CC2CCCCC2)C1=O. The third-order valence-electron chi connectivity index (χ3n) is 4.20. The van der Waals surface area contributed by atoms with Crippen molar-refractivity contribution < 1.29 is 9.59 Å².